The third-order valence-corrected chi connectivity index (χ3v) is 5.69. The van der Waals surface area contributed by atoms with Crippen molar-refractivity contribution in [3.8, 4) is 0 Å². The second kappa shape index (κ2) is 5.41. The van der Waals surface area contributed by atoms with Crippen LogP contribution in [0.4, 0.5) is 0 Å². The predicted molar refractivity (Wildman–Crippen MR) is 81.3 cm³/mol. The van der Waals surface area contributed by atoms with E-state index in [1.54, 1.807) is 0 Å². The van der Waals surface area contributed by atoms with Crippen molar-refractivity contribution >= 4 is 17.7 Å². The second-order valence-electron chi connectivity index (χ2n) is 6.09. The van der Waals surface area contributed by atoms with E-state index in [2.05, 4.69) is 34.5 Å². The summed E-state index contributed by atoms with van der Waals surface area (Å²) in [6.07, 6.45) is 3.55. The number of carbonyl (C=O) groups is 1. The molecular weight excluding hydrogens is 272 g/mol. The van der Waals surface area contributed by atoms with Gasteiger partial charge in [-0.3, -0.25) is 9.89 Å². The number of aromatic nitrogens is 2. The number of hydrogen-bond donors (Lipinski definition) is 2. The Morgan fingerprint density at radius 1 is 1.60 bits per heavy atom. The number of rotatable bonds is 5. The quantitative estimate of drug-likeness (QED) is 0.863. The van der Waals surface area contributed by atoms with Crippen LogP contribution in [0.2, 0.25) is 0 Å². The van der Waals surface area contributed by atoms with Gasteiger partial charge in [0.2, 0.25) is 0 Å². The van der Waals surface area contributed by atoms with E-state index in [0.29, 0.717) is 18.2 Å². The van der Waals surface area contributed by atoms with Crippen molar-refractivity contribution in [3.63, 3.8) is 0 Å². The maximum Gasteiger partial charge on any atom is 0.271 e. The Morgan fingerprint density at radius 3 is 3.00 bits per heavy atom. The minimum Gasteiger partial charge on any atom is -0.349 e. The lowest BCUT2D eigenvalue weighted by Crippen LogP contribution is -2.53. The van der Waals surface area contributed by atoms with Gasteiger partial charge in [0.05, 0.1) is 0 Å². The molecule has 1 aromatic rings. The van der Waals surface area contributed by atoms with Gasteiger partial charge in [-0.15, -0.1) is 0 Å². The van der Waals surface area contributed by atoms with Crippen LogP contribution in [0.1, 0.15) is 41.4 Å². The van der Waals surface area contributed by atoms with E-state index in [0.717, 1.165) is 17.9 Å². The largest absolute Gasteiger partial charge is 0.349 e. The second-order valence-corrected chi connectivity index (χ2v) is 7.19. The highest BCUT2D eigenvalue weighted by Crippen LogP contribution is 2.39. The smallest absolute Gasteiger partial charge is 0.271 e. The summed E-state index contributed by atoms with van der Waals surface area (Å²) >= 11 is 1.96. The van der Waals surface area contributed by atoms with E-state index >= 15 is 0 Å². The molecule has 1 amide bonds. The molecule has 0 bridgehead atoms. The van der Waals surface area contributed by atoms with Gasteiger partial charge in [0.15, 0.2) is 0 Å². The molecule has 20 heavy (non-hydrogen) atoms. The number of aromatic amines is 1. The first kappa shape index (κ1) is 13.9. The van der Waals surface area contributed by atoms with Gasteiger partial charge in [-0.25, -0.2) is 0 Å². The fraction of sp³-hybridized carbons (Fsp3) is 0.714. The number of thioether (sulfide) groups is 1. The zero-order valence-electron chi connectivity index (χ0n) is 12.1. The fourth-order valence-electron chi connectivity index (χ4n) is 2.64. The van der Waals surface area contributed by atoms with Crippen LogP contribution in [0.3, 0.4) is 0 Å². The van der Waals surface area contributed by atoms with Crippen LogP contribution < -0.4 is 5.32 Å². The Kier molecular flexibility index (Phi) is 3.77. The van der Waals surface area contributed by atoms with E-state index in [9.17, 15) is 4.79 Å². The van der Waals surface area contributed by atoms with Crippen LogP contribution >= 0.6 is 11.8 Å². The number of H-pyrrole nitrogens is 1. The number of likely N-dealkylation sites (N-methyl/N-ethyl adjacent to an activating group) is 1. The van der Waals surface area contributed by atoms with Gasteiger partial charge < -0.3 is 10.2 Å². The zero-order valence-corrected chi connectivity index (χ0v) is 12.9. The lowest BCUT2D eigenvalue weighted by Gasteiger charge is -2.35. The first-order valence-electron chi connectivity index (χ1n) is 7.19. The maximum absolute atomic E-state index is 12.2. The molecular formula is C14H22N4OS. The van der Waals surface area contributed by atoms with Gasteiger partial charge in [0, 0.05) is 29.4 Å². The van der Waals surface area contributed by atoms with Gasteiger partial charge >= 0.3 is 0 Å². The summed E-state index contributed by atoms with van der Waals surface area (Å²) in [6, 6.07) is 1.90. The number of hydrogen-bond acceptors (Lipinski definition) is 4. The Morgan fingerprint density at radius 2 is 2.40 bits per heavy atom. The van der Waals surface area contributed by atoms with Crippen molar-refractivity contribution in [3.05, 3.63) is 17.5 Å². The summed E-state index contributed by atoms with van der Waals surface area (Å²) in [4.78, 5) is 14.4. The van der Waals surface area contributed by atoms with Crippen molar-refractivity contribution < 1.29 is 4.79 Å². The summed E-state index contributed by atoms with van der Waals surface area (Å²) < 4.78 is 0. The SMILES string of the molecule is CN(C)[C@@]1(CNC(=O)c2cc(C3CC3)[nH]n2)CCSC1. The van der Waals surface area contributed by atoms with Crippen molar-refractivity contribution in [1.29, 1.82) is 0 Å². The van der Waals surface area contributed by atoms with E-state index < -0.39 is 0 Å². The molecule has 2 N–H and O–H groups in total. The summed E-state index contributed by atoms with van der Waals surface area (Å²) in [6.45, 7) is 0.692. The molecule has 5 nitrogen and oxygen atoms in total. The molecule has 2 aliphatic rings. The molecule has 0 radical (unpaired) electrons. The lowest BCUT2D eigenvalue weighted by molar-refractivity contribution is 0.0909. The minimum atomic E-state index is -0.0636. The molecule has 0 spiro atoms. The standard InChI is InChI=1S/C14H22N4OS/c1-18(2)14(5-6-20-9-14)8-15-13(19)12-7-11(16-17-12)10-3-4-10/h7,10H,3-6,8-9H2,1-2H3,(H,15,19)(H,16,17)/t14-/m1/s1. The van der Waals surface area contributed by atoms with Gasteiger partial charge in [-0.1, -0.05) is 0 Å². The third-order valence-electron chi connectivity index (χ3n) is 4.46. The van der Waals surface area contributed by atoms with Crippen LogP contribution in [-0.4, -0.2) is 58.7 Å². The van der Waals surface area contributed by atoms with E-state index in [1.807, 2.05) is 17.8 Å². The van der Waals surface area contributed by atoms with Crippen molar-refractivity contribution in [2.75, 3.05) is 32.1 Å². The summed E-state index contributed by atoms with van der Waals surface area (Å²) in [7, 11) is 4.19. The number of nitrogens with zero attached hydrogens (tertiary/aromatic N) is 2. The molecule has 3 rings (SSSR count). The molecule has 0 unspecified atom stereocenters. The zero-order chi connectivity index (χ0) is 14.2. The van der Waals surface area contributed by atoms with Crippen LogP contribution in [-0.2, 0) is 0 Å². The number of nitrogens with one attached hydrogen (secondary N) is 2. The lowest BCUT2D eigenvalue weighted by atomic mass is 9.97. The first-order chi connectivity index (χ1) is 9.61. The van der Waals surface area contributed by atoms with Crippen LogP contribution in [0.5, 0.6) is 0 Å². The highest BCUT2D eigenvalue weighted by atomic mass is 32.2. The van der Waals surface area contributed by atoms with Crippen LogP contribution in [0.15, 0.2) is 6.07 Å². The highest BCUT2D eigenvalue weighted by Gasteiger charge is 2.37. The van der Waals surface area contributed by atoms with Gasteiger partial charge in [-0.05, 0) is 45.2 Å². The van der Waals surface area contributed by atoms with Crippen molar-refractivity contribution in [1.82, 2.24) is 20.4 Å². The summed E-state index contributed by atoms with van der Waals surface area (Å²) in [5, 5.41) is 10.2. The molecule has 0 aromatic carbocycles. The average molecular weight is 294 g/mol. The van der Waals surface area contributed by atoms with Crippen LogP contribution in [0, 0.1) is 0 Å². The van der Waals surface area contributed by atoms with Crippen molar-refractivity contribution in [2.45, 2.75) is 30.7 Å². The van der Waals surface area contributed by atoms with E-state index in [1.165, 1.54) is 18.6 Å². The molecule has 1 saturated heterocycles. The topological polar surface area (TPSA) is 61.0 Å². The molecule has 1 aliphatic heterocycles. The fourth-order valence-corrected chi connectivity index (χ4v) is 4.19. The Balaban J connectivity index is 1.60. The molecule has 2 heterocycles. The Hall–Kier alpha value is -1.01. The monoisotopic (exact) mass is 294 g/mol. The Bertz CT molecular complexity index is 489. The average Bonchev–Trinajstić information content (AvgIpc) is 2.98. The molecule has 6 heteroatoms. The third kappa shape index (κ3) is 2.72. The number of amides is 1. The maximum atomic E-state index is 12.2. The summed E-state index contributed by atoms with van der Waals surface area (Å²) in [5.74, 6) is 2.78. The molecule has 1 aliphatic carbocycles. The Labute approximate surface area is 123 Å². The van der Waals surface area contributed by atoms with E-state index in [4.69, 9.17) is 0 Å². The minimum absolute atomic E-state index is 0.0636. The highest BCUT2D eigenvalue weighted by molar-refractivity contribution is 7.99. The van der Waals surface area contributed by atoms with Gasteiger partial charge in [0.25, 0.3) is 5.91 Å². The van der Waals surface area contributed by atoms with Crippen molar-refractivity contribution in [2.24, 2.45) is 0 Å². The molecule has 1 aromatic heterocycles. The van der Waals surface area contributed by atoms with Gasteiger partial charge in [-0.2, -0.15) is 16.9 Å². The van der Waals surface area contributed by atoms with Gasteiger partial charge in [0.1, 0.15) is 5.69 Å². The summed E-state index contributed by atoms with van der Waals surface area (Å²) in [5.41, 5.74) is 1.72. The first-order valence-corrected chi connectivity index (χ1v) is 8.35. The van der Waals surface area contributed by atoms with Crippen LogP contribution in [0.25, 0.3) is 0 Å². The van der Waals surface area contributed by atoms with E-state index in [-0.39, 0.29) is 11.4 Å². The molecule has 1 atom stereocenters. The number of carbonyl (C=O) groups excluding carboxylic acids is 1. The predicted octanol–water partition coefficient (Wildman–Crippen LogP) is 1.45. The molecule has 110 valence electrons. The molecule has 2 fully saturated rings. The molecule has 1 saturated carbocycles. The normalized spacial score (nSPS) is 26.1.